The summed E-state index contributed by atoms with van der Waals surface area (Å²) in [7, 11) is 4.01. The Labute approximate surface area is 147 Å². The fourth-order valence-electron chi connectivity index (χ4n) is 1.86. The predicted octanol–water partition coefficient (Wildman–Crippen LogP) is 4.05. The summed E-state index contributed by atoms with van der Waals surface area (Å²) in [5.41, 5.74) is 2.92. The molecule has 2 rings (SSSR count). The van der Waals surface area contributed by atoms with Crippen LogP contribution in [-0.2, 0) is 6.54 Å². The van der Waals surface area contributed by atoms with Gasteiger partial charge in [-0.2, -0.15) is 0 Å². The molecule has 0 aliphatic rings. The van der Waals surface area contributed by atoms with Crippen LogP contribution in [0.5, 0.6) is 0 Å². The van der Waals surface area contributed by atoms with Crippen molar-refractivity contribution in [3.63, 3.8) is 0 Å². The zero-order valence-corrected chi connectivity index (χ0v) is 15.6. The maximum absolute atomic E-state index is 12.2. The number of carbonyl (C=O) groups is 1. The van der Waals surface area contributed by atoms with Crippen molar-refractivity contribution in [2.24, 2.45) is 0 Å². The second-order valence-electron chi connectivity index (χ2n) is 4.87. The van der Waals surface area contributed by atoms with Crippen molar-refractivity contribution < 1.29 is 4.79 Å². The van der Waals surface area contributed by atoms with Gasteiger partial charge >= 0.3 is 0 Å². The van der Waals surface area contributed by atoms with Crippen LogP contribution in [-0.4, -0.2) is 20.0 Å². The lowest BCUT2D eigenvalue weighted by molar-refractivity contribution is 0.0950. The Hall–Kier alpha value is -1.08. The molecule has 0 aliphatic carbocycles. The third-order valence-electron chi connectivity index (χ3n) is 3.08. The molecule has 2 aromatic carbocycles. The van der Waals surface area contributed by atoms with Crippen molar-refractivity contribution in [2.45, 2.75) is 6.54 Å². The third-order valence-corrected chi connectivity index (χ3v) is 4.51. The van der Waals surface area contributed by atoms with Crippen LogP contribution in [0.4, 0.5) is 5.69 Å². The first kappa shape index (κ1) is 16.3. The van der Waals surface area contributed by atoms with E-state index in [9.17, 15) is 4.79 Å². The summed E-state index contributed by atoms with van der Waals surface area (Å²) in [6.45, 7) is 0.523. The lowest BCUT2D eigenvalue weighted by Crippen LogP contribution is -2.23. The van der Waals surface area contributed by atoms with Gasteiger partial charge in [-0.25, -0.2) is 0 Å². The van der Waals surface area contributed by atoms with Gasteiger partial charge in [-0.3, -0.25) is 4.79 Å². The van der Waals surface area contributed by atoms with Gasteiger partial charge in [0.1, 0.15) is 0 Å². The van der Waals surface area contributed by atoms with Crippen molar-refractivity contribution in [1.82, 2.24) is 5.32 Å². The summed E-state index contributed by atoms with van der Waals surface area (Å²) < 4.78 is 1.85. The monoisotopic (exact) mass is 458 g/mol. The molecule has 0 bridgehead atoms. The first-order chi connectivity index (χ1) is 9.97. The molecule has 110 valence electrons. The SMILES string of the molecule is CN(C)c1ccc(CNC(=O)c2cc(Br)ccc2I)cc1. The average Bonchev–Trinajstić information content (AvgIpc) is 2.47. The number of hydrogen-bond donors (Lipinski definition) is 1. The van der Waals surface area contributed by atoms with Crippen LogP contribution in [0.3, 0.4) is 0 Å². The number of nitrogens with zero attached hydrogens (tertiary/aromatic N) is 1. The minimum absolute atomic E-state index is 0.0580. The maximum Gasteiger partial charge on any atom is 0.252 e. The highest BCUT2D eigenvalue weighted by molar-refractivity contribution is 14.1. The Morgan fingerprint density at radius 3 is 2.48 bits per heavy atom. The highest BCUT2D eigenvalue weighted by Gasteiger charge is 2.10. The van der Waals surface area contributed by atoms with E-state index in [0.717, 1.165) is 19.3 Å². The van der Waals surface area contributed by atoms with Crippen LogP contribution in [0, 0.1) is 3.57 Å². The molecule has 21 heavy (non-hydrogen) atoms. The van der Waals surface area contributed by atoms with E-state index in [0.29, 0.717) is 12.1 Å². The highest BCUT2D eigenvalue weighted by Crippen LogP contribution is 2.18. The number of anilines is 1. The van der Waals surface area contributed by atoms with Crippen molar-refractivity contribution in [1.29, 1.82) is 0 Å². The maximum atomic E-state index is 12.2. The Bertz CT molecular complexity index is 641. The highest BCUT2D eigenvalue weighted by atomic mass is 127. The summed E-state index contributed by atoms with van der Waals surface area (Å²) in [5.74, 6) is -0.0580. The lowest BCUT2D eigenvalue weighted by Gasteiger charge is -2.13. The molecule has 1 N–H and O–H groups in total. The van der Waals surface area contributed by atoms with Gasteiger partial charge in [-0.15, -0.1) is 0 Å². The summed E-state index contributed by atoms with van der Waals surface area (Å²) >= 11 is 5.57. The van der Waals surface area contributed by atoms with Crippen molar-refractivity contribution in [3.05, 3.63) is 61.6 Å². The Kier molecular flexibility index (Phi) is 5.64. The van der Waals surface area contributed by atoms with Crippen LogP contribution < -0.4 is 10.2 Å². The van der Waals surface area contributed by atoms with E-state index in [1.54, 1.807) is 0 Å². The molecule has 0 aromatic heterocycles. The van der Waals surface area contributed by atoms with Crippen LogP contribution in [0.2, 0.25) is 0 Å². The standard InChI is InChI=1S/C16H16BrIN2O/c1-20(2)13-6-3-11(4-7-13)10-19-16(21)14-9-12(17)5-8-15(14)18/h3-9H,10H2,1-2H3,(H,19,21). The van der Waals surface area contributed by atoms with Crippen molar-refractivity contribution in [2.75, 3.05) is 19.0 Å². The van der Waals surface area contributed by atoms with Gasteiger partial charge in [0, 0.05) is 34.4 Å². The second-order valence-corrected chi connectivity index (χ2v) is 6.95. The third kappa shape index (κ3) is 4.44. The second kappa shape index (κ2) is 7.26. The Morgan fingerprint density at radius 1 is 1.19 bits per heavy atom. The van der Waals surface area contributed by atoms with Gasteiger partial charge in [-0.1, -0.05) is 28.1 Å². The smallest absolute Gasteiger partial charge is 0.252 e. The molecule has 0 fully saturated rings. The molecule has 3 nitrogen and oxygen atoms in total. The predicted molar refractivity (Wildman–Crippen MR) is 98.8 cm³/mol. The molecule has 0 radical (unpaired) electrons. The first-order valence-corrected chi connectivity index (χ1v) is 8.34. The van der Waals surface area contributed by atoms with Crippen molar-refractivity contribution >= 4 is 50.1 Å². The van der Waals surface area contributed by atoms with E-state index in [-0.39, 0.29) is 5.91 Å². The number of benzene rings is 2. The number of rotatable bonds is 4. The first-order valence-electron chi connectivity index (χ1n) is 6.47. The quantitative estimate of drug-likeness (QED) is 0.701. The molecular formula is C16H16BrIN2O. The van der Waals surface area contributed by atoms with E-state index in [1.165, 1.54) is 0 Å². The fourth-order valence-corrected chi connectivity index (χ4v) is 2.80. The van der Waals surface area contributed by atoms with Gasteiger partial charge in [0.15, 0.2) is 0 Å². The van der Waals surface area contributed by atoms with E-state index >= 15 is 0 Å². The van der Waals surface area contributed by atoms with E-state index in [4.69, 9.17) is 0 Å². The average molecular weight is 459 g/mol. The molecule has 0 atom stereocenters. The number of nitrogens with one attached hydrogen (secondary N) is 1. The van der Waals surface area contributed by atoms with Gasteiger partial charge in [0.25, 0.3) is 5.91 Å². The van der Waals surface area contributed by atoms with Gasteiger partial charge < -0.3 is 10.2 Å². The molecule has 0 heterocycles. The summed E-state index contributed by atoms with van der Waals surface area (Å²) in [6.07, 6.45) is 0. The van der Waals surface area contributed by atoms with Crippen LogP contribution in [0.25, 0.3) is 0 Å². The largest absolute Gasteiger partial charge is 0.378 e. The molecule has 2 aromatic rings. The molecule has 5 heteroatoms. The van der Waals surface area contributed by atoms with Gasteiger partial charge in [-0.05, 0) is 58.5 Å². The van der Waals surface area contributed by atoms with Gasteiger partial charge in [0.05, 0.1) is 5.56 Å². The number of hydrogen-bond acceptors (Lipinski definition) is 2. The van der Waals surface area contributed by atoms with E-state index in [2.05, 4.69) is 43.8 Å². The van der Waals surface area contributed by atoms with Crippen LogP contribution >= 0.6 is 38.5 Å². The molecule has 0 saturated heterocycles. The van der Waals surface area contributed by atoms with Crippen LogP contribution in [0.1, 0.15) is 15.9 Å². The minimum Gasteiger partial charge on any atom is -0.378 e. The Balaban J connectivity index is 2.02. The number of carbonyl (C=O) groups excluding carboxylic acids is 1. The zero-order chi connectivity index (χ0) is 15.4. The Morgan fingerprint density at radius 2 is 1.86 bits per heavy atom. The zero-order valence-electron chi connectivity index (χ0n) is 11.9. The number of amides is 1. The molecular weight excluding hydrogens is 443 g/mol. The number of halogens is 2. The molecule has 0 unspecified atom stereocenters. The molecule has 0 saturated carbocycles. The van der Waals surface area contributed by atoms with E-state index < -0.39 is 0 Å². The molecule has 0 aliphatic heterocycles. The molecule has 1 amide bonds. The normalized spacial score (nSPS) is 10.3. The lowest BCUT2D eigenvalue weighted by atomic mass is 10.2. The summed E-state index contributed by atoms with van der Waals surface area (Å²) in [5, 5.41) is 2.95. The fraction of sp³-hybridized carbons (Fsp3) is 0.188. The van der Waals surface area contributed by atoms with Crippen LogP contribution in [0.15, 0.2) is 46.9 Å². The topological polar surface area (TPSA) is 32.3 Å². The summed E-state index contributed by atoms with van der Waals surface area (Å²) in [4.78, 5) is 14.3. The van der Waals surface area contributed by atoms with Crippen molar-refractivity contribution in [3.8, 4) is 0 Å². The van der Waals surface area contributed by atoms with Gasteiger partial charge in [0.2, 0.25) is 0 Å². The van der Waals surface area contributed by atoms with E-state index in [1.807, 2.05) is 61.5 Å². The molecule has 0 spiro atoms. The summed E-state index contributed by atoms with van der Waals surface area (Å²) in [6, 6.07) is 13.8. The minimum atomic E-state index is -0.0580.